The van der Waals surface area contributed by atoms with Crippen LogP contribution in [0.1, 0.15) is 6.04 Å². The number of benzene rings is 2. The summed E-state index contributed by atoms with van der Waals surface area (Å²) in [5.74, 6) is -4.29. The lowest BCUT2D eigenvalue weighted by Gasteiger charge is -2.37. The number of aliphatic hydroxyl groups excluding tert-OH is 1. The minimum absolute atomic E-state index is 0.0177. The van der Waals surface area contributed by atoms with Gasteiger partial charge in [-0.2, -0.15) is 0 Å². The SMILES string of the molecule is O[C@@H]1CNCC(F)(F)C1n1c2ccc(F)cc2c2cc(F)ccc21. The van der Waals surface area contributed by atoms with E-state index in [4.69, 9.17) is 0 Å². The quantitative estimate of drug-likeness (QED) is 0.669. The van der Waals surface area contributed by atoms with Crippen LogP contribution in [0.3, 0.4) is 0 Å². The molecule has 0 spiro atoms. The molecule has 1 aliphatic heterocycles. The van der Waals surface area contributed by atoms with E-state index >= 15 is 0 Å². The fourth-order valence-corrected chi connectivity index (χ4v) is 3.54. The van der Waals surface area contributed by atoms with Crippen LogP contribution in [-0.2, 0) is 0 Å². The summed E-state index contributed by atoms with van der Waals surface area (Å²) >= 11 is 0. The molecule has 2 heterocycles. The summed E-state index contributed by atoms with van der Waals surface area (Å²) < 4.78 is 57.6. The van der Waals surface area contributed by atoms with Crippen molar-refractivity contribution in [2.45, 2.75) is 18.1 Å². The Morgan fingerprint density at radius 2 is 1.54 bits per heavy atom. The van der Waals surface area contributed by atoms with Gasteiger partial charge in [0.1, 0.15) is 17.7 Å². The van der Waals surface area contributed by atoms with Crippen molar-refractivity contribution in [1.82, 2.24) is 9.88 Å². The van der Waals surface area contributed by atoms with Gasteiger partial charge in [0.25, 0.3) is 5.92 Å². The van der Waals surface area contributed by atoms with E-state index in [1.807, 2.05) is 0 Å². The largest absolute Gasteiger partial charge is 0.389 e. The normalized spacial score (nSPS) is 23.9. The zero-order valence-corrected chi connectivity index (χ0v) is 12.4. The molecule has 1 unspecified atom stereocenters. The van der Waals surface area contributed by atoms with Crippen molar-refractivity contribution < 1.29 is 22.7 Å². The van der Waals surface area contributed by atoms with E-state index in [0.717, 1.165) is 0 Å². The monoisotopic (exact) mass is 338 g/mol. The molecule has 1 saturated heterocycles. The zero-order valence-electron chi connectivity index (χ0n) is 12.4. The molecule has 0 bridgehead atoms. The average molecular weight is 338 g/mol. The van der Waals surface area contributed by atoms with Crippen molar-refractivity contribution in [3.8, 4) is 0 Å². The Hall–Kier alpha value is -2.12. The molecular weight excluding hydrogens is 324 g/mol. The summed E-state index contributed by atoms with van der Waals surface area (Å²) in [5.41, 5.74) is 0.672. The van der Waals surface area contributed by atoms with Crippen molar-refractivity contribution in [3.05, 3.63) is 48.0 Å². The first-order valence-electron chi connectivity index (χ1n) is 7.54. The molecular formula is C17H14F4N2O. The third kappa shape index (κ3) is 2.19. The van der Waals surface area contributed by atoms with Gasteiger partial charge in [0.05, 0.1) is 12.6 Å². The number of nitrogens with zero attached hydrogens (tertiary/aromatic N) is 1. The Labute approximate surface area is 134 Å². The van der Waals surface area contributed by atoms with Gasteiger partial charge in [0, 0.05) is 28.4 Å². The first kappa shape index (κ1) is 15.4. The van der Waals surface area contributed by atoms with Crippen molar-refractivity contribution in [1.29, 1.82) is 0 Å². The molecule has 1 aromatic heterocycles. The van der Waals surface area contributed by atoms with Gasteiger partial charge in [0.15, 0.2) is 0 Å². The lowest BCUT2D eigenvalue weighted by atomic mass is 9.98. The number of aromatic nitrogens is 1. The molecule has 3 nitrogen and oxygen atoms in total. The maximum atomic E-state index is 14.5. The summed E-state index contributed by atoms with van der Waals surface area (Å²) in [6, 6.07) is 5.97. The molecule has 0 aliphatic carbocycles. The van der Waals surface area contributed by atoms with Crippen LogP contribution in [0.5, 0.6) is 0 Å². The molecule has 1 aliphatic rings. The van der Waals surface area contributed by atoms with Crippen LogP contribution in [0.2, 0.25) is 0 Å². The topological polar surface area (TPSA) is 37.2 Å². The number of halogens is 4. The van der Waals surface area contributed by atoms with E-state index in [1.165, 1.54) is 41.0 Å². The van der Waals surface area contributed by atoms with Gasteiger partial charge in [-0.25, -0.2) is 17.6 Å². The smallest absolute Gasteiger partial charge is 0.283 e. The number of piperidine rings is 1. The molecule has 24 heavy (non-hydrogen) atoms. The van der Waals surface area contributed by atoms with Gasteiger partial charge >= 0.3 is 0 Å². The number of rotatable bonds is 1. The summed E-state index contributed by atoms with van der Waals surface area (Å²) in [4.78, 5) is 0. The van der Waals surface area contributed by atoms with E-state index in [2.05, 4.69) is 5.32 Å². The molecule has 2 atom stereocenters. The van der Waals surface area contributed by atoms with Gasteiger partial charge in [-0.15, -0.1) is 0 Å². The van der Waals surface area contributed by atoms with E-state index in [0.29, 0.717) is 21.8 Å². The van der Waals surface area contributed by atoms with Crippen LogP contribution in [0.15, 0.2) is 36.4 Å². The van der Waals surface area contributed by atoms with Crippen LogP contribution >= 0.6 is 0 Å². The maximum absolute atomic E-state index is 14.5. The van der Waals surface area contributed by atoms with Crippen LogP contribution in [-0.4, -0.2) is 34.8 Å². The summed E-state index contributed by atoms with van der Waals surface area (Å²) in [6.45, 7) is -0.553. The highest BCUT2D eigenvalue weighted by molar-refractivity contribution is 6.08. The Bertz CT molecular complexity index is 878. The number of aliphatic hydroxyl groups is 1. The molecule has 2 aromatic carbocycles. The molecule has 7 heteroatoms. The fraction of sp³-hybridized carbons (Fsp3) is 0.294. The highest BCUT2D eigenvalue weighted by Gasteiger charge is 2.48. The van der Waals surface area contributed by atoms with E-state index < -0.39 is 36.2 Å². The molecule has 3 aromatic rings. The van der Waals surface area contributed by atoms with Crippen LogP contribution in [0.25, 0.3) is 21.8 Å². The van der Waals surface area contributed by atoms with Gasteiger partial charge in [0.2, 0.25) is 0 Å². The van der Waals surface area contributed by atoms with E-state index in [9.17, 15) is 22.7 Å². The average Bonchev–Trinajstić information content (AvgIpc) is 2.80. The second-order valence-corrected chi connectivity index (χ2v) is 6.10. The minimum atomic E-state index is -3.21. The standard InChI is InChI=1S/C17H14F4N2O/c18-9-1-3-13-11(5-9)12-6-10(19)2-4-14(12)23(13)16-15(24)7-22-8-17(16,20)21/h1-6,15-16,22,24H,7-8H2/t15-,16?/m1/s1. The summed E-state index contributed by atoms with van der Waals surface area (Å²) in [5, 5.41) is 13.4. The molecule has 2 N–H and O–H groups in total. The Kier molecular flexibility index (Phi) is 3.33. The third-order valence-corrected chi connectivity index (χ3v) is 4.52. The Balaban J connectivity index is 2.10. The second-order valence-electron chi connectivity index (χ2n) is 6.10. The molecule has 0 amide bonds. The second kappa shape index (κ2) is 5.19. The predicted octanol–water partition coefficient (Wildman–Crippen LogP) is 3.21. The van der Waals surface area contributed by atoms with Crippen LogP contribution < -0.4 is 5.32 Å². The van der Waals surface area contributed by atoms with Gasteiger partial charge in [-0.05, 0) is 36.4 Å². The zero-order chi connectivity index (χ0) is 17.1. The maximum Gasteiger partial charge on any atom is 0.283 e. The first-order chi connectivity index (χ1) is 11.4. The Morgan fingerprint density at radius 3 is 2.04 bits per heavy atom. The lowest BCUT2D eigenvalue weighted by Crippen LogP contribution is -2.54. The minimum Gasteiger partial charge on any atom is -0.389 e. The number of fused-ring (bicyclic) bond motifs is 3. The highest BCUT2D eigenvalue weighted by atomic mass is 19.3. The fourth-order valence-electron chi connectivity index (χ4n) is 3.54. The first-order valence-corrected chi connectivity index (χ1v) is 7.54. The number of hydrogen-bond acceptors (Lipinski definition) is 2. The highest BCUT2D eigenvalue weighted by Crippen LogP contribution is 2.41. The lowest BCUT2D eigenvalue weighted by molar-refractivity contribution is -0.110. The predicted molar refractivity (Wildman–Crippen MR) is 82.2 cm³/mol. The number of hydrogen-bond donors (Lipinski definition) is 2. The number of β-amino-alcohol motifs (C(OH)–C–C–N with tert-alkyl or cyclic N) is 1. The molecule has 4 rings (SSSR count). The van der Waals surface area contributed by atoms with Crippen LogP contribution in [0.4, 0.5) is 17.6 Å². The Morgan fingerprint density at radius 1 is 1.00 bits per heavy atom. The third-order valence-electron chi connectivity index (χ3n) is 4.52. The number of nitrogens with one attached hydrogen (secondary N) is 1. The van der Waals surface area contributed by atoms with Crippen molar-refractivity contribution in [3.63, 3.8) is 0 Å². The summed E-state index contributed by atoms with van der Waals surface area (Å²) in [7, 11) is 0. The van der Waals surface area contributed by atoms with Gasteiger partial charge in [-0.3, -0.25) is 0 Å². The van der Waals surface area contributed by atoms with Gasteiger partial charge < -0.3 is 15.0 Å². The molecule has 0 saturated carbocycles. The van der Waals surface area contributed by atoms with E-state index in [1.54, 1.807) is 0 Å². The van der Waals surface area contributed by atoms with Gasteiger partial charge in [-0.1, -0.05) is 0 Å². The van der Waals surface area contributed by atoms with Crippen molar-refractivity contribution in [2.24, 2.45) is 0 Å². The van der Waals surface area contributed by atoms with E-state index in [-0.39, 0.29) is 6.54 Å². The van der Waals surface area contributed by atoms with Crippen LogP contribution in [0, 0.1) is 11.6 Å². The van der Waals surface area contributed by atoms with Crippen molar-refractivity contribution >= 4 is 21.8 Å². The molecule has 0 radical (unpaired) electrons. The van der Waals surface area contributed by atoms with Crippen molar-refractivity contribution in [2.75, 3.05) is 13.1 Å². The number of alkyl halides is 2. The summed E-state index contributed by atoms with van der Waals surface area (Å²) in [6.07, 6.45) is -1.33. The molecule has 126 valence electrons. The molecule has 1 fully saturated rings.